The number of amides is 2. The van der Waals surface area contributed by atoms with Crippen molar-refractivity contribution in [3.8, 4) is 11.1 Å². The molecule has 208 valence electrons. The number of ether oxygens (including phenoxy) is 2. The summed E-state index contributed by atoms with van der Waals surface area (Å²) in [6.07, 6.45) is 4.44. The van der Waals surface area contributed by atoms with E-state index in [4.69, 9.17) is 14.5 Å². The topological polar surface area (TPSA) is 85.7 Å². The molecule has 9 heteroatoms. The molecule has 0 saturated heterocycles. The van der Waals surface area contributed by atoms with Crippen molar-refractivity contribution < 1.29 is 19.1 Å². The van der Waals surface area contributed by atoms with Crippen LogP contribution in [-0.2, 0) is 27.4 Å². The van der Waals surface area contributed by atoms with Crippen LogP contribution in [0.3, 0.4) is 0 Å². The van der Waals surface area contributed by atoms with Crippen molar-refractivity contribution in [1.29, 1.82) is 0 Å². The van der Waals surface area contributed by atoms with Crippen molar-refractivity contribution >= 4 is 42.6 Å². The molecule has 0 spiro atoms. The lowest BCUT2D eigenvalue weighted by Gasteiger charge is -2.24. The fourth-order valence-corrected chi connectivity index (χ4v) is 5.51. The average molecular weight is 549 g/mol. The van der Waals surface area contributed by atoms with Crippen LogP contribution < -0.4 is 10.2 Å². The number of rotatable bonds is 8. The molecule has 3 aromatic rings. The Bertz CT molecular complexity index is 1400. The number of carbonyl (C=O) groups excluding carboxylic acids is 2. The Morgan fingerprint density at radius 3 is 2.59 bits per heavy atom. The number of aromatic nitrogens is 2. The summed E-state index contributed by atoms with van der Waals surface area (Å²) >= 11 is 0. The van der Waals surface area contributed by atoms with E-state index in [1.807, 2.05) is 43.5 Å². The van der Waals surface area contributed by atoms with Gasteiger partial charge in [-0.05, 0) is 81.5 Å². The van der Waals surface area contributed by atoms with Gasteiger partial charge in [0.15, 0.2) is 0 Å². The van der Waals surface area contributed by atoms with Crippen molar-refractivity contribution in [3.63, 3.8) is 0 Å². The first-order chi connectivity index (χ1) is 18.4. The Labute approximate surface area is 231 Å². The maximum atomic E-state index is 12.7. The van der Waals surface area contributed by atoms with Gasteiger partial charge in [-0.1, -0.05) is 25.7 Å². The fourth-order valence-electron chi connectivity index (χ4n) is 4.75. The lowest BCUT2D eigenvalue weighted by Crippen LogP contribution is -2.35. The van der Waals surface area contributed by atoms with Gasteiger partial charge in [-0.2, -0.15) is 0 Å². The monoisotopic (exact) mass is 548 g/mol. The molecule has 39 heavy (non-hydrogen) atoms. The largest absolute Gasteiger partial charge is 0.443 e. The van der Waals surface area contributed by atoms with Gasteiger partial charge in [-0.25, -0.2) is 9.78 Å². The Hall–Kier alpha value is -3.17. The summed E-state index contributed by atoms with van der Waals surface area (Å²) < 4.78 is 13.7. The van der Waals surface area contributed by atoms with Crippen LogP contribution in [0.25, 0.3) is 22.2 Å². The van der Waals surface area contributed by atoms with Crippen LogP contribution in [-0.4, -0.2) is 48.4 Å². The average Bonchev–Trinajstić information content (AvgIpc) is 3.52. The third-order valence-electron chi connectivity index (χ3n) is 7.05. The van der Waals surface area contributed by atoms with E-state index in [9.17, 15) is 9.59 Å². The van der Waals surface area contributed by atoms with Gasteiger partial charge in [0.2, 0.25) is 5.91 Å². The molecule has 1 N–H and O–H groups in total. The molecule has 3 heterocycles. The first-order valence-corrected chi connectivity index (χ1v) is 17.6. The minimum absolute atomic E-state index is 0.0414. The number of carbonyl (C=O) groups is 2. The lowest BCUT2D eigenvalue weighted by atomic mass is 10.0. The van der Waals surface area contributed by atoms with Crippen LogP contribution in [0, 0.1) is 5.92 Å². The molecule has 0 bridgehead atoms. The summed E-state index contributed by atoms with van der Waals surface area (Å²) in [4.78, 5) is 31.7. The van der Waals surface area contributed by atoms with Crippen molar-refractivity contribution in [3.05, 3.63) is 42.1 Å². The van der Waals surface area contributed by atoms with Gasteiger partial charge >= 0.3 is 6.09 Å². The smallest absolute Gasteiger partial charge is 0.414 e. The molecule has 2 amide bonds. The molecule has 0 radical (unpaired) electrons. The van der Waals surface area contributed by atoms with E-state index in [1.54, 1.807) is 4.90 Å². The van der Waals surface area contributed by atoms with Gasteiger partial charge in [-0.15, -0.1) is 0 Å². The second-order valence-corrected chi connectivity index (χ2v) is 18.5. The highest BCUT2D eigenvalue weighted by molar-refractivity contribution is 6.76. The summed E-state index contributed by atoms with van der Waals surface area (Å²) in [6, 6.07) is 11.2. The molecular formula is C30H40N4O4Si. The normalized spacial score (nSPS) is 15.5. The van der Waals surface area contributed by atoms with Gasteiger partial charge in [-0.3, -0.25) is 9.69 Å². The van der Waals surface area contributed by atoms with E-state index in [2.05, 4.69) is 43.3 Å². The SMILES string of the molecule is CC(C)(C)OC(=O)N1CCc2cc(-c3cn(COCC[Si](C)(C)C)c4nc(NC(=O)C5CC5)ccc34)ccc21. The predicted octanol–water partition coefficient (Wildman–Crippen LogP) is 6.66. The van der Waals surface area contributed by atoms with Crippen LogP contribution >= 0.6 is 0 Å². The molecule has 2 aromatic heterocycles. The summed E-state index contributed by atoms with van der Waals surface area (Å²) in [5.74, 6) is 0.718. The van der Waals surface area contributed by atoms with Gasteiger partial charge in [0, 0.05) is 44.3 Å². The second-order valence-electron chi connectivity index (χ2n) is 12.9. The van der Waals surface area contributed by atoms with Gasteiger partial charge < -0.3 is 19.4 Å². The van der Waals surface area contributed by atoms with Crippen molar-refractivity contribution in [2.45, 2.75) is 78.1 Å². The Morgan fingerprint density at radius 1 is 1.13 bits per heavy atom. The molecule has 5 rings (SSSR count). The van der Waals surface area contributed by atoms with E-state index in [1.165, 1.54) is 0 Å². The van der Waals surface area contributed by atoms with Crippen molar-refractivity contribution in [2.75, 3.05) is 23.4 Å². The third-order valence-corrected chi connectivity index (χ3v) is 8.75. The van der Waals surface area contributed by atoms with Crippen LogP contribution in [0.5, 0.6) is 0 Å². The highest BCUT2D eigenvalue weighted by atomic mass is 28.3. The maximum absolute atomic E-state index is 12.7. The molecule has 1 aliphatic carbocycles. The second kappa shape index (κ2) is 10.4. The number of hydrogen-bond donors (Lipinski definition) is 1. The number of fused-ring (bicyclic) bond motifs is 2. The zero-order valence-electron chi connectivity index (χ0n) is 24.0. The van der Waals surface area contributed by atoms with Crippen molar-refractivity contribution in [1.82, 2.24) is 9.55 Å². The predicted molar refractivity (Wildman–Crippen MR) is 158 cm³/mol. The first-order valence-electron chi connectivity index (χ1n) is 13.9. The number of anilines is 2. The molecule has 1 aliphatic heterocycles. The maximum Gasteiger partial charge on any atom is 0.414 e. The summed E-state index contributed by atoms with van der Waals surface area (Å²) in [7, 11) is -1.20. The number of nitrogens with one attached hydrogen (secondary N) is 1. The minimum Gasteiger partial charge on any atom is -0.443 e. The molecule has 0 unspecified atom stereocenters. The quantitative estimate of drug-likeness (QED) is 0.251. The highest BCUT2D eigenvalue weighted by Crippen LogP contribution is 2.37. The Kier molecular flexibility index (Phi) is 7.32. The third kappa shape index (κ3) is 6.53. The van der Waals surface area contributed by atoms with Gasteiger partial charge in [0.1, 0.15) is 23.8 Å². The van der Waals surface area contributed by atoms with E-state index in [0.717, 1.165) is 58.7 Å². The van der Waals surface area contributed by atoms with E-state index in [0.29, 0.717) is 25.7 Å². The molecule has 0 atom stereocenters. The van der Waals surface area contributed by atoms with E-state index >= 15 is 0 Å². The van der Waals surface area contributed by atoms with E-state index < -0.39 is 13.7 Å². The molecule has 8 nitrogen and oxygen atoms in total. The number of benzene rings is 1. The zero-order chi connectivity index (χ0) is 27.9. The zero-order valence-corrected chi connectivity index (χ0v) is 25.0. The van der Waals surface area contributed by atoms with Crippen LogP contribution in [0.15, 0.2) is 36.5 Å². The minimum atomic E-state index is -1.20. The van der Waals surface area contributed by atoms with Gasteiger partial charge in [0.25, 0.3) is 0 Å². The number of nitrogens with zero attached hydrogens (tertiary/aromatic N) is 3. The lowest BCUT2D eigenvalue weighted by molar-refractivity contribution is -0.117. The van der Waals surface area contributed by atoms with E-state index in [-0.39, 0.29) is 17.9 Å². The molecule has 1 aromatic carbocycles. The van der Waals surface area contributed by atoms with Crippen LogP contribution in [0.1, 0.15) is 39.2 Å². The molecule has 1 fully saturated rings. The van der Waals surface area contributed by atoms with Crippen LogP contribution in [0.4, 0.5) is 16.3 Å². The summed E-state index contributed by atoms with van der Waals surface area (Å²) in [5.41, 5.74) is 4.36. The number of pyridine rings is 1. The summed E-state index contributed by atoms with van der Waals surface area (Å²) in [5, 5.41) is 3.97. The molecule has 1 saturated carbocycles. The fraction of sp³-hybridized carbons (Fsp3) is 0.500. The molecule has 2 aliphatic rings. The van der Waals surface area contributed by atoms with Gasteiger partial charge in [0.05, 0.1) is 5.69 Å². The standard InChI is InChI=1S/C30H40N4O4Si/c1-30(2,3)38-29(36)34-14-13-22-17-21(9-11-25(22)34)24-18-33(19-37-15-16-39(4,5)6)27-23(24)10-12-26(31-27)32-28(35)20-7-8-20/h9-12,17-18,20H,7-8,13-16,19H2,1-6H3,(H,31,32,35). The van der Waals surface area contributed by atoms with Crippen molar-refractivity contribution in [2.24, 2.45) is 5.92 Å². The first kappa shape index (κ1) is 27.4. The Balaban J connectivity index is 1.44. The van der Waals surface area contributed by atoms with Crippen LogP contribution in [0.2, 0.25) is 25.7 Å². The Morgan fingerprint density at radius 2 is 1.90 bits per heavy atom. The highest BCUT2D eigenvalue weighted by Gasteiger charge is 2.31. The number of hydrogen-bond acceptors (Lipinski definition) is 5. The summed E-state index contributed by atoms with van der Waals surface area (Å²) in [6.45, 7) is 14.4. The molecular weight excluding hydrogens is 508 g/mol.